The number of hydrogen-bond acceptors (Lipinski definition) is 5. The SMILES string of the molecule is C[C@@H](CSC[C@H](N)C(=O)NCC(=O)O)C(=O)O. The van der Waals surface area contributed by atoms with Crippen molar-refractivity contribution in [2.24, 2.45) is 11.7 Å². The Bertz CT molecular complexity index is 297. The van der Waals surface area contributed by atoms with Crippen molar-refractivity contribution in [2.45, 2.75) is 13.0 Å². The lowest BCUT2D eigenvalue weighted by Crippen LogP contribution is -2.44. The fourth-order valence-electron chi connectivity index (χ4n) is 0.813. The van der Waals surface area contributed by atoms with Gasteiger partial charge in [0.25, 0.3) is 0 Å². The molecule has 0 heterocycles. The Morgan fingerprint density at radius 2 is 1.88 bits per heavy atom. The van der Waals surface area contributed by atoms with Crippen LogP contribution in [-0.2, 0) is 14.4 Å². The van der Waals surface area contributed by atoms with Crippen LogP contribution in [0.4, 0.5) is 0 Å². The minimum atomic E-state index is -1.14. The molecular weight excluding hydrogens is 248 g/mol. The predicted molar refractivity (Wildman–Crippen MR) is 62.7 cm³/mol. The molecule has 7 nitrogen and oxygen atoms in total. The summed E-state index contributed by atoms with van der Waals surface area (Å²) in [4.78, 5) is 31.9. The normalized spacial score (nSPS) is 13.8. The quantitative estimate of drug-likeness (QED) is 0.441. The standard InChI is InChI=1S/C9H16N2O5S/c1-5(9(15)16)3-17-4-6(10)8(14)11-2-7(12)13/h5-6H,2-4,10H2,1H3,(H,11,14)(H,12,13)(H,15,16)/t5-,6-/m0/s1. The van der Waals surface area contributed by atoms with Gasteiger partial charge in [0.2, 0.25) is 5.91 Å². The highest BCUT2D eigenvalue weighted by Gasteiger charge is 2.16. The van der Waals surface area contributed by atoms with Crippen LogP contribution in [0.3, 0.4) is 0 Å². The lowest BCUT2D eigenvalue weighted by Gasteiger charge is -2.11. The average Bonchev–Trinajstić information content (AvgIpc) is 2.25. The molecule has 98 valence electrons. The van der Waals surface area contributed by atoms with E-state index in [-0.39, 0.29) is 5.75 Å². The van der Waals surface area contributed by atoms with Gasteiger partial charge in [-0.2, -0.15) is 11.8 Å². The van der Waals surface area contributed by atoms with Crippen molar-refractivity contribution in [3.8, 4) is 0 Å². The van der Waals surface area contributed by atoms with E-state index < -0.39 is 36.4 Å². The van der Waals surface area contributed by atoms with Crippen molar-refractivity contribution in [1.82, 2.24) is 5.32 Å². The molecule has 0 spiro atoms. The molecule has 2 atom stereocenters. The largest absolute Gasteiger partial charge is 0.481 e. The van der Waals surface area contributed by atoms with E-state index in [0.717, 1.165) is 0 Å². The lowest BCUT2D eigenvalue weighted by molar-refractivity contribution is -0.140. The first-order chi connectivity index (χ1) is 7.84. The third kappa shape index (κ3) is 7.58. The van der Waals surface area contributed by atoms with Crippen LogP contribution in [0.1, 0.15) is 6.92 Å². The van der Waals surface area contributed by atoms with E-state index in [2.05, 4.69) is 5.32 Å². The summed E-state index contributed by atoms with van der Waals surface area (Å²) in [5.41, 5.74) is 5.49. The van der Waals surface area contributed by atoms with E-state index in [9.17, 15) is 14.4 Å². The summed E-state index contributed by atoms with van der Waals surface area (Å²) in [7, 11) is 0. The molecule has 5 N–H and O–H groups in total. The smallest absolute Gasteiger partial charge is 0.322 e. The van der Waals surface area contributed by atoms with Crippen LogP contribution in [0.25, 0.3) is 0 Å². The second-order valence-electron chi connectivity index (χ2n) is 3.49. The monoisotopic (exact) mass is 264 g/mol. The Morgan fingerprint density at radius 3 is 2.35 bits per heavy atom. The molecule has 0 saturated heterocycles. The van der Waals surface area contributed by atoms with Gasteiger partial charge in [0.15, 0.2) is 0 Å². The summed E-state index contributed by atoms with van der Waals surface area (Å²) in [6.45, 7) is 1.09. The number of carbonyl (C=O) groups is 3. The van der Waals surface area contributed by atoms with Gasteiger partial charge in [0.05, 0.1) is 12.0 Å². The molecular formula is C9H16N2O5S. The predicted octanol–water partition coefficient (Wildman–Crippen LogP) is -1.03. The Labute approximate surface area is 103 Å². The van der Waals surface area contributed by atoms with Crippen LogP contribution >= 0.6 is 11.8 Å². The maximum atomic E-state index is 11.2. The first kappa shape index (κ1) is 15.7. The number of thioether (sulfide) groups is 1. The summed E-state index contributed by atoms with van der Waals surface area (Å²) in [5.74, 6) is -2.49. The van der Waals surface area contributed by atoms with E-state index >= 15 is 0 Å². The molecule has 0 aromatic rings. The van der Waals surface area contributed by atoms with Gasteiger partial charge in [0.1, 0.15) is 6.54 Å². The molecule has 0 radical (unpaired) electrons. The first-order valence-corrected chi connectivity index (χ1v) is 6.05. The number of aliphatic carboxylic acids is 2. The summed E-state index contributed by atoms with van der Waals surface area (Å²) < 4.78 is 0. The van der Waals surface area contributed by atoms with E-state index in [1.165, 1.54) is 11.8 Å². The van der Waals surface area contributed by atoms with E-state index in [0.29, 0.717) is 5.75 Å². The van der Waals surface area contributed by atoms with Crippen molar-refractivity contribution in [3.05, 3.63) is 0 Å². The summed E-state index contributed by atoms with van der Waals surface area (Å²) in [5, 5.41) is 19.1. The van der Waals surface area contributed by atoms with Crippen molar-refractivity contribution >= 4 is 29.6 Å². The van der Waals surface area contributed by atoms with Crippen LogP contribution in [-0.4, -0.2) is 52.2 Å². The van der Waals surface area contributed by atoms with E-state index in [4.69, 9.17) is 15.9 Å². The van der Waals surface area contributed by atoms with Gasteiger partial charge in [-0.15, -0.1) is 0 Å². The van der Waals surface area contributed by atoms with Crippen molar-refractivity contribution < 1.29 is 24.6 Å². The number of carboxylic acid groups (broad SMARTS) is 2. The molecule has 0 aliphatic carbocycles. The van der Waals surface area contributed by atoms with Gasteiger partial charge in [-0.25, -0.2) is 0 Å². The molecule has 0 rings (SSSR count). The van der Waals surface area contributed by atoms with Gasteiger partial charge in [-0.3, -0.25) is 14.4 Å². The lowest BCUT2D eigenvalue weighted by atomic mass is 10.2. The fraction of sp³-hybridized carbons (Fsp3) is 0.667. The molecule has 1 amide bonds. The zero-order valence-corrected chi connectivity index (χ0v) is 10.2. The van der Waals surface area contributed by atoms with Crippen LogP contribution in [0.5, 0.6) is 0 Å². The zero-order valence-electron chi connectivity index (χ0n) is 9.38. The highest BCUT2D eigenvalue weighted by molar-refractivity contribution is 7.99. The minimum Gasteiger partial charge on any atom is -0.481 e. The van der Waals surface area contributed by atoms with E-state index in [1.807, 2.05) is 0 Å². The number of nitrogens with one attached hydrogen (secondary N) is 1. The number of carboxylic acids is 2. The molecule has 0 aliphatic rings. The Morgan fingerprint density at radius 1 is 1.29 bits per heavy atom. The number of rotatable bonds is 8. The Kier molecular flexibility index (Phi) is 7.31. The number of hydrogen-bond donors (Lipinski definition) is 4. The van der Waals surface area contributed by atoms with Gasteiger partial charge in [-0.1, -0.05) is 6.92 Å². The third-order valence-electron chi connectivity index (χ3n) is 1.84. The molecule has 0 unspecified atom stereocenters. The average molecular weight is 264 g/mol. The topological polar surface area (TPSA) is 130 Å². The van der Waals surface area contributed by atoms with Crippen molar-refractivity contribution in [3.63, 3.8) is 0 Å². The number of carbonyl (C=O) groups excluding carboxylic acids is 1. The molecule has 17 heavy (non-hydrogen) atoms. The highest BCUT2D eigenvalue weighted by atomic mass is 32.2. The summed E-state index contributed by atoms with van der Waals surface area (Å²) in [6, 6.07) is -0.833. The summed E-state index contributed by atoms with van der Waals surface area (Å²) in [6.07, 6.45) is 0. The van der Waals surface area contributed by atoms with Gasteiger partial charge >= 0.3 is 11.9 Å². The molecule has 8 heteroatoms. The molecule has 0 saturated carbocycles. The maximum Gasteiger partial charge on any atom is 0.322 e. The first-order valence-electron chi connectivity index (χ1n) is 4.90. The number of amides is 1. The second-order valence-corrected chi connectivity index (χ2v) is 4.57. The third-order valence-corrected chi connectivity index (χ3v) is 3.17. The molecule has 0 aromatic carbocycles. The second kappa shape index (κ2) is 7.91. The van der Waals surface area contributed by atoms with Crippen LogP contribution in [0.2, 0.25) is 0 Å². The molecule has 0 aliphatic heterocycles. The van der Waals surface area contributed by atoms with Crippen molar-refractivity contribution in [2.75, 3.05) is 18.1 Å². The highest BCUT2D eigenvalue weighted by Crippen LogP contribution is 2.09. The molecule has 0 fully saturated rings. The number of nitrogens with two attached hydrogens (primary N) is 1. The van der Waals surface area contributed by atoms with Crippen LogP contribution < -0.4 is 11.1 Å². The fourth-order valence-corrected chi connectivity index (χ4v) is 1.85. The van der Waals surface area contributed by atoms with E-state index in [1.54, 1.807) is 6.92 Å². The Balaban J connectivity index is 3.78. The summed E-state index contributed by atoms with van der Waals surface area (Å²) >= 11 is 1.25. The van der Waals surface area contributed by atoms with Gasteiger partial charge in [0, 0.05) is 11.5 Å². The van der Waals surface area contributed by atoms with Gasteiger partial charge < -0.3 is 21.3 Å². The Hall–Kier alpha value is -1.28. The van der Waals surface area contributed by atoms with Crippen molar-refractivity contribution in [1.29, 1.82) is 0 Å². The van der Waals surface area contributed by atoms with Crippen LogP contribution in [0.15, 0.2) is 0 Å². The van der Waals surface area contributed by atoms with Crippen LogP contribution in [0, 0.1) is 5.92 Å². The van der Waals surface area contributed by atoms with Gasteiger partial charge in [-0.05, 0) is 0 Å². The molecule has 0 bridgehead atoms. The minimum absolute atomic E-state index is 0.253. The molecule has 0 aromatic heterocycles. The maximum absolute atomic E-state index is 11.2. The zero-order chi connectivity index (χ0) is 13.4.